The van der Waals surface area contributed by atoms with Crippen molar-refractivity contribution >= 4 is 17.7 Å². The molecule has 19 heavy (non-hydrogen) atoms. The van der Waals surface area contributed by atoms with Crippen LogP contribution >= 0.6 is 11.6 Å². The molecular formula is C16H17ClFN. The van der Waals surface area contributed by atoms with Crippen LogP contribution in [0.2, 0.25) is 0 Å². The average molecular weight is 278 g/mol. The maximum Gasteiger partial charge on any atom is 0.140 e. The van der Waals surface area contributed by atoms with Crippen molar-refractivity contribution in [3.05, 3.63) is 40.7 Å². The van der Waals surface area contributed by atoms with Crippen LogP contribution in [0.15, 0.2) is 23.8 Å². The Hall–Kier alpha value is -1.33. The van der Waals surface area contributed by atoms with E-state index in [-0.39, 0.29) is 5.56 Å². The summed E-state index contributed by atoms with van der Waals surface area (Å²) in [5, 5.41) is 8.85. The van der Waals surface area contributed by atoms with Crippen LogP contribution in [-0.4, -0.2) is 5.88 Å². The summed E-state index contributed by atoms with van der Waals surface area (Å²) in [5.74, 6) is 0.579. The van der Waals surface area contributed by atoms with E-state index in [0.29, 0.717) is 11.8 Å². The van der Waals surface area contributed by atoms with Crippen molar-refractivity contribution in [2.45, 2.75) is 32.1 Å². The van der Waals surface area contributed by atoms with Crippen LogP contribution < -0.4 is 0 Å². The largest absolute Gasteiger partial charge is 0.206 e. The van der Waals surface area contributed by atoms with Crippen molar-refractivity contribution in [2.24, 2.45) is 5.92 Å². The molecular weight excluding hydrogens is 261 g/mol. The molecule has 0 radical (unpaired) electrons. The molecule has 1 aromatic carbocycles. The van der Waals surface area contributed by atoms with Crippen LogP contribution in [0.25, 0.3) is 6.08 Å². The Labute approximate surface area is 118 Å². The molecule has 1 aromatic rings. The van der Waals surface area contributed by atoms with Crippen LogP contribution in [0.5, 0.6) is 0 Å². The van der Waals surface area contributed by atoms with Crippen molar-refractivity contribution in [2.75, 3.05) is 5.88 Å². The molecule has 100 valence electrons. The van der Waals surface area contributed by atoms with Gasteiger partial charge in [-0.25, -0.2) is 4.39 Å². The Bertz CT molecular complexity index is 510. The maximum absolute atomic E-state index is 13.3. The molecule has 0 spiro atoms. The molecule has 1 fully saturated rings. The predicted octanol–water partition coefficient (Wildman–Crippen LogP) is 4.90. The van der Waals surface area contributed by atoms with E-state index in [1.165, 1.54) is 43.7 Å². The number of hydrogen-bond donors (Lipinski definition) is 0. The van der Waals surface area contributed by atoms with Gasteiger partial charge in [0.05, 0.1) is 5.56 Å². The fraction of sp³-hybridized carbons (Fsp3) is 0.438. The number of allylic oxidation sites excluding steroid dienone is 1. The Kier molecular flexibility index (Phi) is 4.99. The molecule has 1 aliphatic rings. The summed E-state index contributed by atoms with van der Waals surface area (Å²) in [7, 11) is 0. The molecule has 0 aromatic heterocycles. The highest BCUT2D eigenvalue weighted by molar-refractivity contribution is 6.19. The van der Waals surface area contributed by atoms with E-state index >= 15 is 0 Å². The highest BCUT2D eigenvalue weighted by Gasteiger charge is 2.17. The second-order valence-electron chi connectivity index (χ2n) is 5.04. The summed E-state index contributed by atoms with van der Waals surface area (Å²) in [6, 6.07) is 6.50. The van der Waals surface area contributed by atoms with Gasteiger partial charge in [0.2, 0.25) is 0 Å². The molecule has 0 N–H and O–H groups in total. The van der Waals surface area contributed by atoms with Gasteiger partial charge in [-0.15, -0.1) is 11.6 Å². The lowest BCUT2D eigenvalue weighted by Gasteiger charge is -2.23. The van der Waals surface area contributed by atoms with Crippen LogP contribution in [0, 0.1) is 23.1 Å². The summed E-state index contributed by atoms with van der Waals surface area (Å²) >= 11 is 6.05. The Morgan fingerprint density at radius 1 is 1.37 bits per heavy atom. The van der Waals surface area contributed by atoms with Crippen molar-refractivity contribution in [3.63, 3.8) is 0 Å². The third-order valence-corrected chi connectivity index (χ3v) is 4.06. The van der Waals surface area contributed by atoms with E-state index in [2.05, 4.69) is 0 Å². The second kappa shape index (κ2) is 6.73. The summed E-state index contributed by atoms with van der Waals surface area (Å²) in [4.78, 5) is 0. The third kappa shape index (κ3) is 3.58. The van der Waals surface area contributed by atoms with Gasteiger partial charge < -0.3 is 0 Å². The molecule has 1 saturated carbocycles. The maximum atomic E-state index is 13.3. The number of nitrogens with zero attached hydrogens (tertiary/aromatic N) is 1. The first-order valence-electron chi connectivity index (χ1n) is 6.70. The van der Waals surface area contributed by atoms with E-state index in [0.717, 1.165) is 5.56 Å². The quantitative estimate of drug-likeness (QED) is 0.721. The van der Waals surface area contributed by atoms with E-state index in [9.17, 15) is 4.39 Å². The molecule has 0 unspecified atom stereocenters. The minimum Gasteiger partial charge on any atom is -0.206 e. The molecule has 1 aliphatic carbocycles. The monoisotopic (exact) mass is 277 g/mol. The zero-order valence-corrected chi connectivity index (χ0v) is 11.6. The van der Waals surface area contributed by atoms with Gasteiger partial charge in [0.1, 0.15) is 11.9 Å². The van der Waals surface area contributed by atoms with Gasteiger partial charge in [-0.05, 0) is 36.5 Å². The lowest BCUT2D eigenvalue weighted by molar-refractivity contribution is 0.405. The van der Waals surface area contributed by atoms with Crippen molar-refractivity contribution < 1.29 is 4.39 Å². The van der Waals surface area contributed by atoms with Gasteiger partial charge in [0.25, 0.3) is 0 Å². The van der Waals surface area contributed by atoms with Gasteiger partial charge in [-0.1, -0.05) is 37.0 Å². The van der Waals surface area contributed by atoms with E-state index in [1.807, 2.05) is 12.1 Å². The first-order valence-corrected chi connectivity index (χ1v) is 7.24. The zero-order valence-electron chi connectivity index (χ0n) is 10.8. The molecule has 0 aliphatic heterocycles. The predicted molar refractivity (Wildman–Crippen MR) is 76.4 cm³/mol. The third-order valence-electron chi connectivity index (χ3n) is 3.75. The summed E-state index contributed by atoms with van der Waals surface area (Å²) < 4.78 is 13.3. The van der Waals surface area contributed by atoms with Crippen LogP contribution in [-0.2, 0) is 0 Å². The lowest BCUT2D eigenvalue weighted by atomic mass is 9.83. The van der Waals surface area contributed by atoms with Crippen LogP contribution in [0.3, 0.4) is 0 Å². The minimum atomic E-state index is -0.468. The van der Waals surface area contributed by atoms with Crippen molar-refractivity contribution in [1.82, 2.24) is 0 Å². The second-order valence-corrected chi connectivity index (χ2v) is 5.31. The highest BCUT2D eigenvalue weighted by Crippen LogP contribution is 2.31. The van der Waals surface area contributed by atoms with Crippen molar-refractivity contribution in [3.8, 4) is 6.07 Å². The Balaban J connectivity index is 2.24. The molecule has 0 atom stereocenters. The first-order chi connectivity index (χ1) is 9.24. The van der Waals surface area contributed by atoms with Gasteiger partial charge in [0, 0.05) is 5.88 Å². The molecule has 1 nitrogen and oxygen atoms in total. The van der Waals surface area contributed by atoms with Crippen molar-refractivity contribution in [1.29, 1.82) is 5.26 Å². The van der Waals surface area contributed by atoms with Crippen LogP contribution in [0.4, 0.5) is 4.39 Å². The minimum absolute atomic E-state index is 0.0892. The van der Waals surface area contributed by atoms with E-state index in [4.69, 9.17) is 16.9 Å². The smallest absolute Gasteiger partial charge is 0.140 e. The number of hydrogen-bond acceptors (Lipinski definition) is 1. The number of alkyl halides is 1. The van der Waals surface area contributed by atoms with Gasteiger partial charge in [-0.2, -0.15) is 5.26 Å². The number of benzene rings is 1. The van der Waals surface area contributed by atoms with Crippen LogP contribution in [0.1, 0.15) is 43.2 Å². The van der Waals surface area contributed by atoms with E-state index in [1.54, 1.807) is 12.1 Å². The normalized spacial score (nSPS) is 17.2. The molecule has 0 heterocycles. The molecule has 3 heteroatoms. The fourth-order valence-corrected chi connectivity index (χ4v) is 2.97. The summed E-state index contributed by atoms with van der Waals surface area (Å²) in [6.45, 7) is 0. The number of halogens is 2. The molecule has 0 amide bonds. The molecule has 2 rings (SSSR count). The number of rotatable bonds is 3. The fourth-order valence-electron chi connectivity index (χ4n) is 2.67. The van der Waals surface area contributed by atoms with Gasteiger partial charge >= 0.3 is 0 Å². The highest BCUT2D eigenvalue weighted by atomic mass is 35.5. The zero-order chi connectivity index (χ0) is 13.7. The number of nitriles is 1. The Morgan fingerprint density at radius 3 is 2.74 bits per heavy atom. The van der Waals surface area contributed by atoms with Gasteiger partial charge in [0.15, 0.2) is 0 Å². The topological polar surface area (TPSA) is 23.8 Å². The summed E-state index contributed by atoms with van der Waals surface area (Å²) in [5.41, 5.74) is 2.15. The Morgan fingerprint density at radius 2 is 2.11 bits per heavy atom. The first kappa shape index (κ1) is 14.1. The molecule has 0 saturated heterocycles. The molecule has 0 bridgehead atoms. The lowest BCUT2D eigenvalue weighted by Crippen LogP contribution is -2.10. The SMILES string of the molecule is N#Cc1cc(/C=C(/CCl)C2CCCCC2)ccc1F. The standard InChI is InChI=1S/C16H17ClFN/c17-10-14(13-4-2-1-3-5-13)8-12-6-7-16(18)15(9-12)11-19/h6-9,13H,1-5,10H2/b14-8-. The van der Waals surface area contributed by atoms with E-state index < -0.39 is 5.82 Å². The average Bonchev–Trinajstić information content (AvgIpc) is 2.47. The summed E-state index contributed by atoms with van der Waals surface area (Å²) in [6.07, 6.45) is 8.21. The van der Waals surface area contributed by atoms with Gasteiger partial charge in [-0.3, -0.25) is 0 Å².